The van der Waals surface area contributed by atoms with Crippen molar-refractivity contribution in [2.75, 3.05) is 6.61 Å². The van der Waals surface area contributed by atoms with Gasteiger partial charge in [0.1, 0.15) is 0 Å². The van der Waals surface area contributed by atoms with Crippen LogP contribution in [-0.2, 0) is 0 Å². The number of aliphatic hydroxyl groups excluding tert-OH is 1. The Labute approximate surface area is 84.7 Å². The van der Waals surface area contributed by atoms with Crippen LogP contribution in [0.5, 0.6) is 0 Å². The van der Waals surface area contributed by atoms with Crippen LogP contribution in [0.2, 0.25) is 0 Å². The van der Waals surface area contributed by atoms with Crippen molar-refractivity contribution in [2.24, 2.45) is 11.7 Å². The SMILES string of the molecule is NC1CC(CO)C(c2ccccc2)C1. The molecular weight excluding hydrogens is 174 g/mol. The molecule has 0 bridgehead atoms. The van der Waals surface area contributed by atoms with Crippen LogP contribution >= 0.6 is 0 Å². The van der Waals surface area contributed by atoms with Crippen molar-refractivity contribution in [3.05, 3.63) is 35.9 Å². The normalized spacial score (nSPS) is 32.0. The summed E-state index contributed by atoms with van der Waals surface area (Å²) in [5, 5.41) is 9.26. The van der Waals surface area contributed by atoms with Crippen molar-refractivity contribution >= 4 is 0 Å². The minimum absolute atomic E-state index is 0.257. The molecule has 0 spiro atoms. The maximum absolute atomic E-state index is 9.26. The van der Waals surface area contributed by atoms with Crippen LogP contribution in [0, 0.1) is 5.92 Å². The molecule has 2 nitrogen and oxygen atoms in total. The van der Waals surface area contributed by atoms with Gasteiger partial charge >= 0.3 is 0 Å². The minimum atomic E-state index is 0.257. The van der Waals surface area contributed by atoms with E-state index in [9.17, 15) is 5.11 Å². The fourth-order valence-electron chi connectivity index (χ4n) is 2.48. The van der Waals surface area contributed by atoms with Crippen LogP contribution in [0.15, 0.2) is 30.3 Å². The minimum Gasteiger partial charge on any atom is -0.396 e. The van der Waals surface area contributed by atoms with Crippen molar-refractivity contribution in [1.82, 2.24) is 0 Å². The van der Waals surface area contributed by atoms with Gasteiger partial charge in [-0.05, 0) is 30.2 Å². The second-order valence-corrected chi connectivity index (χ2v) is 4.19. The van der Waals surface area contributed by atoms with E-state index in [2.05, 4.69) is 12.1 Å². The molecule has 0 amide bonds. The zero-order chi connectivity index (χ0) is 9.97. The second-order valence-electron chi connectivity index (χ2n) is 4.19. The Bertz CT molecular complexity index is 286. The highest BCUT2D eigenvalue weighted by Crippen LogP contribution is 2.38. The molecule has 2 heteroatoms. The van der Waals surface area contributed by atoms with Crippen LogP contribution in [0.1, 0.15) is 24.3 Å². The van der Waals surface area contributed by atoms with Crippen molar-refractivity contribution in [2.45, 2.75) is 24.8 Å². The van der Waals surface area contributed by atoms with E-state index in [1.165, 1.54) is 5.56 Å². The van der Waals surface area contributed by atoms with Crippen LogP contribution < -0.4 is 5.73 Å². The first-order chi connectivity index (χ1) is 6.81. The summed E-state index contributed by atoms with van der Waals surface area (Å²) in [7, 11) is 0. The topological polar surface area (TPSA) is 46.2 Å². The number of hydrogen-bond donors (Lipinski definition) is 2. The standard InChI is InChI=1S/C12H17NO/c13-11-6-10(8-14)12(7-11)9-4-2-1-3-5-9/h1-5,10-12,14H,6-8,13H2. The fraction of sp³-hybridized carbons (Fsp3) is 0.500. The van der Waals surface area contributed by atoms with Gasteiger partial charge in [-0.1, -0.05) is 30.3 Å². The third-order valence-corrected chi connectivity index (χ3v) is 3.19. The number of nitrogens with two attached hydrogens (primary N) is 1. The molecule has 0 aromatic heterocycles. The highest BCUT2D eigenvalue weighted by atomic mass is 16.3. The number of hydrogen-bond acceptors (Lipinski definition) is 2. The molecule has 76 valence electrons. The molecule has 14 heavy (non-hydrogen) atoms. The molecule has 0 saturated heterocycles. The van der Waals surface area contributed by atoms with E-state index in [0.717, 1.165) is 12.8 Å². The molecule has 1 aliphatic carbocycles. The van der Waals surface area contributed by atoms with Gasteiger partial charge in [-0.3, -0.25) is 0 Å². The van der Waals surface area contributed by atoms with E-state index < -0.39 is 0 Å². The lowest BCUT2D eigenvalue weighted by molar-refractivity contribution is 0.216. The Kier molecular flexibility index (Phi) is 2.85. The van der Waals surface area contributed by atoms with Crippen molar-refractivity contribution in [3.8, 4) is 0 Å². The lowest BCUT2D eigenvalue weighted by Gasteiger charge is -2.16. The predicted octanol–water partition coefficient (Wildman–Crippen LogP) is 1.50. The van der Waals surface area contributed by atoms with Crippen molar-refractivity contribution in [3.63, 3.8) is 0 Å². The van der Waals surface area contributed by atoms with Gasteiger partial charge < -0.3 is 10.8 Å². The van der Waals surface area contributed by atoms with Gasteiger partial charge in [0.05, 0.1) is 0 Å². The molecule has 1 saturated carbocycles. The summed E-state index contributed by atoms with van der Waals surface area (Å²) < 4.78 is 0. The van der Waals surface area contributed by atoms with Crippen LogP contribution in [0.3, 0.4) is 0 Å². The molecule has 3 atom stereocenters. The first-order valence-electron chi connectivity index (χ1n) is 5.22. The largest absolute Gasteiger partial charge is 0.396 e. The van der Waals surface area contributed by atoms with Crippen LogP contribution in [-0.4, -0.2) is 17.8 Å². The van der Waals surface area contributed by atoms with Crippen molar-refractivity contribution in [1.29, 1.82) is 0 Å². The van der Waals surface area contributed by atoms with Crippen molar-refractivity contribution < 1.29 is 5.11 Å². The third kappa shape index (κ3) is 1.81. The predicted molar refractivity (Wildman–Crippen MR) is 57.0 cm³/mol. The first-order valence-corrected chi connectivity index (χ1v) is 5.22. The smallest absolute Gasteiger partial charge is 0.0465 e. The van der Waals surface area contributed by atoms with E-state index in [4.69, 9.17) is 5.73 Å². The summed E-state index contributed by atoms with van der Waals surface area (Å²) in [5.41, 5.74) is 7.24. The van der Waals surface area contributed by atoms with E-state index in [-0.39, 0.29) is 12.6 Å². The maximum Gasteiger partial charge on any atom is 0.0465 e. The Morgan fingerprint density at radius 3 is 2.57 bits per heavy atom. The van der Waals surface area contributed by atoms with Gasteiger partial charge in [-0.2, -0.15) is 0 Å². The third-order valence-electron chi connectivity index (χ3n) is 3.19. The molecule has 1 fully saturated rings. The lowest BCUT2D eigenvalue weighted by atomic mass is 9.89. The van der Waals surface area contributed by atoms with E-state index in [1.807, 2.05) is 18.2 Å². The summed E-state index contributed by atoms with van der Waals surface area (Å²) >= 11 is 0. The Morgan fingerprint density at radius 1 is 1.21 bits per heavy atom. The summed E-state index contributed by atoms with van der Waals surface area (Å²) in [4.78, 5) is 0. The van der Waals surface area contributed by atoms with Gasteiger partial charge in [0.2, 0.25) is 0 Å². The molecule has 1 aliphatic rings. The Morgan fingerprint density at radius 2 is 1.93 bits per heavy atom. The highest BCUT2D eigenvalue weighted by Gasteiger charge is 2.32. The van der Waals surface area contributed by atoms with Gasteiger partial charge in [0.25, 0.3) is 0 Å². The first kappa shape index (κ1) is 9.69. The average Bonchev–Trinajstić information content (AvgIpc) is 2.61. The zero-order valence-electron chi connectivity index (χ0n) is 8.26. The monoisotopic (exact) mass is 191 g/mol. The van der Waals surface area contributed by atoms with E-state index in [0.29, 0.717) is 11.8 Å². The van der Waals surface area contributed by atoms with E-state index >= 15 is 0 Å². The molecule has 3 N–H and O–H groups in total. The number of benzene rings is 1. The fourth-order valence-corrected chi connectivity index (χ4v) is 2.48. The van der Waals surface area contributed by atoms with E-state index in [1.54, 1.807) is 0 Å². The zero-order valence-corrected chi connectivity index (χ0v) is 8.26. The lowest BCUT2D eigenvalue weighted by Crippen LogP contribution is -2.15. The quantitative estimate of drug-likeness (QED) is 0.744. The van der Waals surface area contributed by atoms with Crippen LogP contribution in [0.25, 0.3) is 0 Å². The Hall–Kier alpha value is -0.860. The molecule has 0 heterocycles. The van der Waals surface area contributed by atoms with Crippen LogP contribution in [0.4, 0.5) is 0 Å². The summed E-state index contributed by atoms with van der Waals surface area (Å²) in [6, 6.07) is 10.6. The Balaban J connectivity index is 2.18. The average molecular weight is 191 g/mol. The summed E-state index contributed by atoms with van der Waals surface area (Å²) in [6.07, 6.45) is 1.96. The van der Waals surface area contributed by atoms with Gasteiger partial charge in [0.15, 0.2) is 0 Å². The molecular formula is C12H17NO. The van der Waals surface area contributed by atoms with Gasteiger partial charge in [0, 0.05) is 12.6 Å². The van der Waals surface area contributed by atoms with Gasteiger partial charge in [-0.25, -0.2) is 0 Å². The molecule has 0 aliphatic heterocycles. The van der Waals surface area contributed by atoms with Gasteiger partial charge in [-0.15, -0.1) is 0 Å². The maximum atomic E-state index is 9.26. The molecule has 0 radical (unpaired) electrons. The molecule has 1 aromatic carbocycles. The second kappa shape index (κ2) is 4.11. The molecule has 1 aromatic rings. The summed E-state index contributed by atoms with van der Waals surface area (Å²) in [5.74, 6) is 0.809. The molecule has 2 rings (SSSR count). The number of rotatable bonds is 2. The summed E-state index contributed by atoms with van der Waals surface area (Å²) in [6.45, 7) is 0.257. The molecule has 3 unspecified atom stereocenters. The number of aliphatic hydroxyl groups is 1. The highest BCUT2D eigenvalue weighted by molar-refractivity contribution is 5.22.